The summed E-state index contributed by atoms with van der Waals surface area (Å²) in [5.41, 5.74) is 0.151. The van der Waals surface area contributed by atoms with Gasteiger partial charge in [0.25, 0.3) is 0 Å². The third kappa shape index (κ3) is 10.7. The van der Waals surface area contributed by atoms with Crippen LogP contribution < -0.4 is 0 Å². The molecular formula is C7H15ClO2. The maximum absolute atomic E-state index is 10.0. The lowest BCUT2D eigenvalue weighted by Gasteiger charge is -2.15. The summed E-state index contributed by atoms with van der Waals surface area (Å²) in [5.74, 6) is -0.704. The van der Waals surface area contributed by atoms with E-state index in [0.717, 1.165) is 6.42 Å². The van der Waals surface area contributed by atoms with Crippen molar-refractivity contribution in [1.29, 1.82) is 0 Å². The van der Waals surface area contributed by atoms with Crippen LogP contribution >= 0.6 is 12.4 Å². The minimum absolute atomic E-state index is 0. The maximum Gasteiger partial charge on any atom is 0.303 e. The Balaban J connectivity index is 0. The molecule has 0 aromatic heterocycles. The number of hydrogen-bond acceptors (Lipinski definition) is 1. The fourth-order valence-electron chi connectivity index (χ4n) is 0.482. The van der Waals surface area contributed by atoms with Gasteiger partial charge in [-0.15, -0.1) is 12.4 Å². The number of hydrogen-bond donors (Lipinski definition) is 1. The molecule has 0 unspecified atom stereocenters. The lowest BCUT2D eigenvalue weighted by atomic mass is 9.91. The first kappa shape index (κ1) is 12.4. The van der Waals surface area contributed by atoms with Gasteiger partial charge in [-0.1, -0.05) is 20.8 Å². The van der Waals surface area contributed by atoms with Gasteiger partial charge in [-0.25, -0.2) is 0 Å². The van der Waals surface area contributed by atoms with Crippen molar-refractivity contribution < 1.29 is 9.90 Å². The van der Waals surface area contributed by atoms with Crippen LogP contribution in [-0.4, -0.2) is 11.1 Å². The van der Waals surface area contributed by atoms with Gasteiger partial charge in [0.2, 0.25) is 0 Å². The molecule has 0 aliphatic carbocycles. The van der Waals surface area contributed by atoms with Crippen molar-refractivity contribution in [3.63, 3.8) is 0 Å². The van der Waals surface area contributed by atoms with Crippen LogP contribution in [0.25, 0.3) is 0 Å². The molecule has 0 amide bonds. The third-order valence-corrected chi connectivity index (χ3v) is 1.09. The Hall–Kier alpha value is -0.240. The Morgan fingerprint density at radius 3 is 1.90 bits per heavy atom. The molecule has 0 aromatic rings. The highest BCUT2D eigenvalue weighted by molar-refractivity contribution is 5.85. The smallest absolute Gasteiger partial charge is 0.303 e. The van der Waals surface area contributed by atoms with Crippen molar-refractivity contribution in [3.8, 4) is 0 Å². The Morgan fingerprint density at radius 2 is 1.80 bits per heavy atom. The molecule has 0 heterocycles. The van der Waals surface area contributed by atoms with E-state index in [1.807, 2.05) is 20.8 Å². The fourth-order valence-corrected chi connectivity index (χ4v) is 0.482. The van der Waals surface area contributed by atoms with Gasteiger partial charge in [-0.3, -0.25) is 4.79 Å². The van der Waals surface area contributed by atoms with Gasteiger partial charge < -0.3 is 5.11 Å². The molecule has 0 aliphatic rings. The molecule has 0 rings (SSSR count). The maximum atomic E-state index is 10.0. The first-order valence-electron chi connectivity index (χ1n) is 3.13. The van der Waals surface area contributed by atoms with Crippen molar-refractivity contribution in [2.45, 2.75) is 33.6 Å². The largest absolute Gasteiger partial charge is 0.481 e. The monoisotopic (exact) mass is 166 g/mol. The third-order valence-electron chi connectivity index (χ3n) is 1.09. The molecule has 0 radical (unpaired) electrons. The van der Waals surface area contributed by atoms with Crippen LogP contribution in [0, 0.1) is 5.41 Å². The van der Waals surface area contributed by atoms with Gasteiger partial charge >= 0.3 is 5.97 Å². The highest BCUT2D eigenvalue weighted by Crippen LogP contribution is 2.19. The Labute approximate surface area is 68.0 Å². The lowest BCUT2D eigenvalue weighted by Crippen LogP contribution is -2.07. The summed E-state index contributed by atoms with van der Waals surface area (Å²) < 4.78 is 0. The lowest BCUT2D eigenvalue weighted by molar-refractivity contribution is -0.137. The molecule has 0 saturated heterocycles. The van der Waals surface area contributed by atoms with Gasteiger partial charge in [0, 0.05) is 6.42 Å². The molecule has 0 atom stereocenters. The Bertz CT molecular complexity index is 105. The van der Waals surface area contributed by atoms with E-state index in [2.05, 4.69) is 0 Å². The zero-order valence-electron chi connectivity index (χ0n) is 6.68. The van der Waals surface area contributed by atoms with E-state index < -0.39 is 5.97 Å². The van der Waals surface area contributed by atoms with Crippen molar-refractivity contribution in [2.24, 2.45) is 5.41 Å². The zero-order valence-corrected chi connectivity index (χ0v) is 7.49. The number of carbonyl (C=O) groups is 1. The molecule has 0 aliphatic heterocycles. The molecule has 62 valence electrons. The van der Waals surface area contributed by atoms with E-state index in [4.69, 9.17) is 5.11 Å². The predicted octanol–water partition coefficient (Wildman–Crippen LogP) is 2.32. The predicted molar refractivity (Wildman–Crippen MR) is 43.6 cm³/mol. The number of carboxylic acids is 1. The van der Waals surface area contributed by atoms with Crippen LogP contribution in [0.3, 0.4) is 0 Å². The second kappa shape index (κ2) is 4.56. The molecule has 1 N–H and O–H groups in total. The van der Waals surface area contributed by atoms with Crippen molar-refractivity contribution in [2.75, 3.05) is 0 Å². The molecule has 0 saturated carbocycles. The average molecular weight is 167 g/mol. The van der Waals surface area contributed by atoms with E-state index in [9.17, 15) is 4.79 Å². The standard InChI is InChI=1S/C7H14O2.ClH/c1-7(2,3)5-4-6(8)9;/h4-5H2,1-3H3,(H,8,9);1H. The summed E-state index contributed by atoms with van der Waals surface area (Å²) >= 11 is 0. The molecule has 0 spiro atoms. The molecular weight excluding hydrogens is 152 g/mol. The first-order chi connectivity index (χ1) is 3.92. The molecule has 10 heavy (non-hydrogen) atoms. The molecule has 3 heteroatoms. The number of halogens is 1. The van der Waals surface area contributed by atoms with Crippen LogP contribution in [0.2, 0.25) is 0 Å². The van der Waals surface area contributed by atoms with Crippen molar-refractivity contribution in [3.05, 3.63) is 0 Å². The van der Waals surface area contributed by atoms with Crippen LogP contribution in [0.15, 0.2) is 0 Å². The SMILES string of the molecule is CC(C)(C)CCC(=O)O.Cl. The highest BCUT2D eigenvalue weighted by atomic mass is 35.5. The molecule has 0 fully saturated rings. The minimum Gasteiger partial charge on any atom is -0.481 e. The summed E-state index contributed by atoms with van der Waals surface area (Å²) in [6.07, 6.45) is 1.03. The van der Waals surface area contributed by atoms with E-state index in [1.54, 1.807) is 0 Å². The number of carboxylic acid groups (broad SMARTS) is 1. The normalized spacial score (nSPS) is 10.3. The first-order valence-corrected chi connectivity index (χ1v) is 3.13. The highest BCUT2D eigenvalue weighted by Gasteiger charge is 2.11. The minimum atomic E-state index is -0.704. The van der Waals surface area contributed by atoms with Crippen molar-refractivity contribution in [1.82, 2.24) is 0 Å². The fraction of sp³-hybridized carbons (Fsp3) is 0.857. The second-order valence-electron chi connectivity index (χ2n) is 3.45. The molecule has 0 aromatic carbocycles. The van der Waals surface area contributed by atoms with Crippen LogP contribution in [0.5, 0.6) is 0 Å². The van der Waals surface area contributed by atoms with Gasteiger partial charge in [0.1, 0.15) is 0 Å². The van der Waals surface area contributed by atoms with E-state index in [-0.39, 0.29) is 24.2 Å². The van der Waals surface area contributed by atoms with Gasteiger partial charge in [0.05, 0.1) is 0 Å². The molecule has 2 nitrogen and oxygen atoms in total. The summed E-state index contributed by atoms with van der Waals surface area (Å²) in [5, 5.41) is 8.28. The summed E-state index contributed by atoms with van der Waals surface area (Å²) in [4.78, 5) is 10.0. The van der Waals surface area contributed by atoms with Gasteiger partial charge in [-0.05, 0) is 11.8 Å². The van der Waals surface area contributed by atoms with Gasteiger partial charge in [-0.2, -0.15) is 0 Å². The van der Waals surface area contributed by atoms with E-state index >= 15 is 0 Å². The van der Waals surface area contributed by atoms with E-state index in [1.165, 1.54) is 0 Å². The topological polar surface area (TPSA) is 37.3 Å². The molecule has 0 bridgehead atoms. The van der Waals surface area contributed by atoms with Gasteiger partial charge in [0.15, 0.2) is 0 Å². The number of rotatable bonds is 2. The van der Waals surface area contributed by atoms with Crippen LogP contribution in [0.4, 0.5) is 0 Å². The Kier molecular flexibility index (Phi) is 5.67. The summed E-state index contributed by atoms with van der Waals surface area (Å²) in [6, 6.07) is 0. The number of aliphatic carboxylic acids is 1. The van der Waals surface area contributed by atoms with Crippen LogP contribution in [0.1, 0.15) is 33.6 Å². The summed E-state index contributed by atoms with van der Waals surface area (Å²) in [6.45, 7) is 6.11. The van der Waals surface area contributed by atoms with Crippen LogP contribution in [-0.2, 0) is 4.79 Å². The average Bonchev–Trinajstić information content (AvgIpc) is 1.59. The van der Waals surface area contributed by atoms with E-state index in [0.29, 0.717) is 0 Å². The quantitative estimate of drug-likeness (QED) is 0.684. The zero-order chi connectivity index (χ0) is 7.49. The summed E-state index contributed by atoms with van der Waals surface area (Å²) in [7, 11) is 0. The Morgan fingerprint density at radius 1 is 1.40 bits per heavy atom. The van der Waals surface area contributed by atoms with Crippen molar-refractivity contribution >= 4 is 18.4 Å². The second-order valence-corrected chi connectivity index (χ2v) is 3.45.